The average Bonchev–Trinajstić information content (AvgIpc) is 3.01. The molecule has 2 aromatic carbocycles. The van der Waals surface area contributed by atoms with Crippen LogP contribution >= 0.6 is 23.2 Å². The van der Waals surface area contributed by atoms with Crippen LogP contribution in [0, 0.1) is 5.92 Å². The SMILES string of the molecule is CCc1cccc(Oc2nc(Nc3cc(Cl)c(C(=O)NCC4CCNC[C@@H]4OC)cc3OC)ncc2Cl)c1C(=O)NC. The average molecular weight is 618 g/mol. The Morgan fingerprint density at radius 3 is 2.64 bits per heavy atom. The van der Waals surface area contributed by atoms with Crippen molar-refractivity contribution >= 4 is 46.7 Å². The summed E-state index contributed by atoms with van der Waals surface area (Å²) in [7, 11) is 4.70. The minimum absolute atomic E-state index is 0.0230. The predicted octanol–water partition coefficient (Wildman–Crippen LogP) is 4.60. The van der Waals surface area contributed by atoms with Gasteiger partial charge in [-0.05, 0) is 43.1 Å². The van der Waals surface area contributed by atoms with Crippen molar-refractivity contribution in [2.75, 3.05) is 46.2 Å². The molecule has 2 amide bonds. The number of nitrogens with zero attached hydrogens (tertiary/aromatic N) is 2. The van der Waals surface area contributed by atoms with Crippen LogP contribution in [0.15, 0.2) is 36.5 Å². The molecule has 1 fully saturated rings. The summed E-state index contributed by atoms with van der Waals surface area (Å²) in [5.41, 5.74) is 1.89. The number of halogens is 2. The second kappa shape index (κ2) is 14.5. The topological polar surface area (TPSA) is 136 Å². The van der Waals surface area contributed by atoms with E-state index in [9.17, 15) is 9.59 Å². The molecule has 4 N–H and O–H groups in total. The first kappa shape index (κ1) is 31.3. The molecule has 0 saturated carbocycles. The maximum absolute atomic E-state index is 13.0. The van der Waals surface area contributed by atoms with Crippen molar-refractivity contribution < 1.29 is 23.8 Å². The van der Waals surface area contributed by atoms with Crippen molar-refractivity contribution in [2.45, 2.75) is 25.9 Å². The fourth-order valence-electron chi connectivity index (χ4n) is 4.75. The molecule has 0 spiro atoms. The number of ether oxygens (including phenoxy) is 3. The van der Waals surface area contributed by atoms with E-state index >= 15 is 0 Å². The Labute approximate surface area is 254 Å². The van der Waals surface area contributed by atoms with E-state index in [1.165, 1.54) is 13.3 Å². The van der Waals surface area contributed by atoms with Crippen LogP contribution in [0.1, 0.15) is 39.6 Å². The molecule has 13 heteroatoms. The van der Waals surface area contributed by atoms with Gasteiger partial charge in [-0.1, -0.05) is 42.3 Å². The fraction of sp³-hybridized carbons (Fsp3) is 0.379. The molecule has 1 unspecified atom stereocenters. The minimum atomic E-state index is -0.321. The van der Waals surface area contributed by atoms with Gasteiger partial charge in [0, 0.05) is 33.2 Å². The van der Waals surface area contributed by atoms with Gasteiger partial charge >= 0.3 is 0 Å². The molecule has 3 aromatic rings. The maximum atomic E-state index is 13.0. The van der Waals surface area contributed by atoms with Gasteiger partial charge in [0.05, 0.1) is 41.2 Å². The lowest BCUT2D eigenvalue weighted by Gasteiger charge is -2.31. The molecular formula is C29H34Cl2N6O5. The second-order valence-corrected chi connectivity index (χ2v) is 10.4. The molecule has 42 heavy (non-hydrogen) atoms. The van der Waals surface area contributed by atoms with Crippen LogP contribution in [0.5, 0.6) is 17.4 Å². The predicted molar refractivity (Wildman–Crippen MR) is 162 cm³/mol. The number of hydrogen-bond acceptors (Lipinski definition) is 9. The maximum Gasteiger partial charge on any atom is 0.255 e. The number of carbonyl (C=O) groups excluding carboxylic acids is 2. The van der Waals surface area contributed by atoms with Crippen LogP contribution in [-0.4, -0.2) is 68.8 Å². The number of anilines is 2. The van der Waals surface area contributed by atoms with E-state index < -0.39 is 0 Å². The van der Waals surface area contributed by atoms with Crippen LogP contribution in [0.25, 0.3) is 0 Å². The van der Waals surface area contributed by atoms with Gasteiger partial charge in [0.1, 0.15) is 16.5 Å². The van der Waals surface area contributed by atoms with Gasteiger partial charge in [0.25, 0.3) is 11.8 Å². The summed E-state index contributed by atoms with van der Waals surface area (Å²) in [4.78, 5) is 34.3. The van der Waals surface area contributed by atoms with Gasteiger partial charge in [-0.15, -0.1) is 0 Å². The van der Waals surface area contributed by atoms with E-state index in [1.807, 2.05) is 13.0 Å². The first-order valence-corrected chi connectivity index (χ1v) is 14.3. The summed E-state index contributed by atoms with van der Waals surface area (Å²) in [6.45, 7) is 4.02. The lowest BCUT2D eigenvalue weighted by molar-refractivity contribution is 0.0338. The summed E-state index contributed by atoms with van der Waals surface area (Å²) < 4.78 is 17.1. The zero-order chi connectivity index (χ0) is 30.2. The van der Waals surface area contributed by atoms with Crippen molar-refractivity contribution in [3.63, 3.8) is 0 Å². The Bertz CT molecular complexity index is 1440. The lowest BCUT2D eigenvalue weighted by atomic mass is 9.95. The van der Waals surface area contributed by atoms with Gasteiger partial charge in [0.15, 0.2) is 0 Å². The van der Waals surface area contributed by atoms with Gasteiger partial charge in [0.2, 0.25) is 11.8 Å². The summed E-state index contributed by atoms with van der Waals surface area (Å²) >= 11 is 12.9. The van der Waals surface area contributed by atoms with Gasteiger partial charge < -0.3 is 35.5 Å². The molecule has 0 bridgehead atoms. The summed E-state index contributed by atoms with van der Waals surface area (Å²) in [6.07, 6.45) is 2.92. The quantitative estimate of drug-likeness (QED) is 0.243. The van der Waals surface area contributed by atoms with Gasteiger partial charge in [-0.25, -0.2) is 4.98 Å². The molecule has 0 radical (unpaired) electrons. The van der Waals surface area contributed by atoms with E-state index in [-0.39, 0.29) is 51.3 Å². The Morgan fingerprint density at radius 1 is 1.12 bits per heavy atom. The molecule has 1 aromatic heterocycles. The molecule has 1 saturated heterocycles. The van der Waals surface area contributed by atoms with Crippen LogP contribution in [0.3, 0.4) is 0 Å². The Hall–Kier alpha value is -3.64. The highest BCUT2D eigenvalue weighted by molar-refractivity contribution is 6.34. The molecular weight excluding hydrogens is 583 g/mol. The van der Waals surface area contributed by atoms with Crippen molar-refractivity contribution in [3.8, 4) is 17.4 Å². The summed E-state index contributed by atoms with van der Waals surface area (Å²) in [6, 6.07) is 8.43. The van der Waals surface area contributed by atoms with Crippen LogP contribution in [0.2, 0.25) is 10.0 Å². The van der Waals surface area contributed by atoms with E-state index in [4.69, 9.17) is 37.4 Å². The largest absolute Gasteiger partial charge is 0.495 e. The molecule has 224 valence electrons. The van der Waals surface area contributed by atoms with Crippen molar-refractivity contribution in [1.82, 2.24) is 25.9 Å². The summed E-state index contributed by atoms with van der Waals surface area (Å²) in [5.74, 6) is 0.405. The fourth-order valence-corrected chi connectivity index (χ4v) is 5.13. The summed E-state index contributed by atoms with van der Waals surface area (Å²) in [5, 5.41) is 12.3. The highest BCUT2D eigenvalue weighted by Gasteiger charge is 2.26. The van der Waals surface area contributed by atoms with Crippen molar-refractivity contribution in [2.24, 2.45) is 5.92 Å². The number of nitrogens with one attached hydrogen (secondary N) is 4. The normalized spacial score (nSPS) is 16.4. The number of carbonyl (C=O) groups is 2. The van der Waals surface area contributed by atoms with E-state index in [2.05, 4.69) is 31.2 Å². The third kappa shape index (κ3) is 7.22. The molecule has 2 atom stereocenters. The van der Waals surface area contributed by atoms with E-state index in [1.54, 1.807) is 38.4 Å². The van der Waals surface area contributed by atoms with Gasteiger partial charge in [-0.2, -0.15) is 4.98 Å². The van der Waals surface area contributed by atoms with Crippen molar-refractivity contribution in [3.05, 3.63) is 63.3 Å². The number of rotatable bonds is 11. The molecule has 2 heterocycles. The first-order chi connectivity index (χ1) is 20.3. The third-order valence-electron chi connectivity index (χ3n) is 7.04. The van der Waals surface area contributed by atoms with Crippen LogP contribution < -0.4 is 30.7 Å². The zero-order valence-electron chi connectivity index (χ0n) is 23.8. The van der Waals surface area contributed by atoms with Crippen molar-refractivity contribution in [1.29, 1.82) is 0 Å². The first-order valence-electron chi connectivity index (χ1n) is 13.5. The number of hydrogen-bond donors (Lipinski definition) is 4. The van der Waals surface area contributed by atoms with Gasteiger partial charge in [-0.3, -0.25) is 9.59 Å². The Balaban J connectivity index is 1.54. The smallest absolute Gasteiger partial charge is 0.255 e. The van der Waals surface area contributed by atoms with E-state index in [0.29, 0.717) is 35.7 Å². The number of aromatic nitrogens is 2. The number of methoxy groups -OCH3 is 2. The Morgan fingerprint density at radius 2 is 1.93 bits per heavy atom. The van der Waals surface area contributed by atoms with Crippen LogP contribution in [0.4, 0.5) is 11.6 Å². The molecule has 1 aliphatic rings. The Kier molecular flexibility index (Phi) is 10.8. The second-order valence-electron chi connectivity index (χ2n) is 9.57. The number of piperidine rings is 1. The number of amides is 2. The van der Waals surface area contributed by atoms with Crippen LogP contribution in [-0.2, 0) is 11.2 Å². The standard InChI is InChI=1S/C29H34Cl2N6O5/c1-5-16-7-6-8-22(25(16)27(39)32-2)42-28-20(31)14-35-29(37-28)36-21-12-19(30)18(11-23(21)40-3)26(38)34-13-17-9-10-33-15-24(17)41-4/h6-8,11-12,14,17,24,33H,5,9-10,13,15H2,1-4H3,(H,32,39)(H,34,38)(H,35,36,37)/t17?,24-/m0/s1. The van der Waals surface area contributed by atoms with E-state index in [0.717, 1.165) is 25.1 Å². The number of benzene rings is 2. The molecule has 0 aliphatic carbocycles. The monoisotopic (exact) mass is 616 g/mol. The number of aryl methyl sites for hydroxylation is 1. The molecule has 1 aliphatic heterocycles. The third-order valence-corrected chi connectivity index (χ3v) is 7.61. The molecule has 11 nitrogen and oxygen atoms in total. The molecule has 4 rings (SSSR count). The lowest BCUT2D eigenvalue weighted by Crippen LogP contribution is -2.46. The zero-order valence-corrected chi connectivity index (χ0v) is 25.4. The highest BCUT2D eigenvalue weighted by Crippen LogP contribution is 2.35. The minimum Gasteiger partial charge on any atom is -0.495 e. The highest BCUT2D eigenvalue weighted by atomic mass is 35.5.